The van der Waals surface area contributed by atoms with E-state index >= 15 is 0 Å². The molecule has 19 heteroatoms. The molecule has 0 spiro atoms. The number of aliphatic hydroxyl groups is 9. The summed E-state index contributed by atoms with van der Waals surface area (Å²) in [6, 6.07) is 9.97. The number of hydrogen-bond acceptors (Lipinski definition) is 14. The molecule has 2 saturated heterocycles. The van der Waals surface area contributed by atoms with Gasteiger partial charge in [-0.05, 0) is 80.1 Å². The molecule has 8 aliphatic rings. The van der Waals surface area contributed by atoms with Crippen molar-refractivity contribution < 1.29 is 246 Å². The minimum Gasteiger partial charge on any atom is -0.409 e. The molecule has 1 aromatic carbocycles. The number of hydrogen-bond donors (Lipinski definition) is 9. The number of aliphatic hydroxyl groups excluding tert-OH is 5. The maximum absolute atomic E-state index is 14.5. The summed E-state index contributed by atoms with van der Waals surface area (Å²) >= 11 is 0. The van der Waals surface area contributed by atoms with Crippen molar-refractivity contribution in [3.8, 4) is 0 Å². The molecule has 9 N–H and O–H groups in total. The topological polar surface area (TPSA) is 244 Å². The molecule has 18 atom stereocenters. The molecule has 4 saturated carbocycles. The van der Waals surface area contributed by atoms with E-state index in [1.807, 2.05) is 51.1 Å². The van der Waals surface area contributed by atoms with Crippen LogP contribution < -0.4 is 5.19 Å². The summed E-state index contributed by atoms with van der Waals surface area (Å²) < 4.78 is 18.3. The van der Waals surface area contributed by atoms with Gasteiger partial charge in [-0.25, -0.2) is 0 Å². The molecule has 4 radical (unpaired) electrons. The second-order valence-electron chi connectivity index (χ2n) is 23.4. The van der Waals surface area contributed by atoms with E-state index in [-0.39, 0.29) is 209 Å². The van der Waals surface area contributed by atoms with Crippen LogP contribution >= 0.6 is 0 Å². The van der Waals surface area contributed by atoms with Crippen LogP contribution in [0.15, 0.2) is 52.6 Å². The van der Waals surface area contributed by atoms with Crippen molar-refractivity contribution in [1.29, 1.82) is 0 Å². The summed E-state index contributed by atoms with van der Waals surface area (Å²) in [6.45, 7) is 21.9. The molecule has 0 amide bonds. The van der Waals surface area contributed by atoms with Gasteiger partial charge < -0.3 is 59.9 Å². The molecule has 9 rings (SSSR count). The molecule has 4 bridgehead atoms. The van der Waals surface area contributed by atoms with Gasteiger partial charge in [-0.3, -0.25) is 9.59 Å². The fourth-order valence-electron chi connectivity index (χ4n) is 15.4. The van der Waals surface area contributed by atoms with Crippen molar-refractivity contribution in [3.05, 3.63) is 52.6 Å². The van der Waals surface area contributed by atoms with Crippen molar-refractivity contribution in [2.45, 2.75) is 179 Å². The second-order valence-corrected chi connectivity index (χ2v) is 27.2. The van der Waals surface area contributed by atoms with Crippen molar-refractivity contribution in [1.82, 2.24) is 0 Å². The molecule has 2 heterocycles. The minimum atomic E-state index is -2.53. The first kappa shape index (κ1) is 65.1. The fourth-order valence-corrected chi connectivity index (χ4v) is 17.6. The van der Waals surface area contributed by atoms with Crippen LogP contribution in [-0.2, 0) is 23.5 Å². The zero-order valence-electron chi connectivity index (χ0n) is 42.4. The summed E-state index contributed by atoms with van der Waals surface area (Å²) in [6.07, 6.45) is -7.53. The van der Waals surface area contributed by atoms with Crippen LogP contribution in [-0.4, -0.2) is 150 Å². The van der Waals surface area contributed by atoms with E-state index in [4.69, 9.17) is 13.9 Å². The van der Waals surface area contributed by atoms with Gasteiger partial charge in [0.25, 0.3) is 0 Å². The molecule has 69 heavy (non-hydrogen) atoms. The number of fused-ring (bicyclic) bond motifs is 10. The molecule has 6 fully saturated rings. The molecule has 14 unspecified atom stereocenters. The summed E-state index contributed by atoms with van der Waals surface area (Å²) in [5.41, 5.74) is -8.78. The largest absolute Gasteiger partial charge is 0.409 e. The van der Waals surface area contributed by atoms with E-state index in [0.29, 0.717) is 28.7 Å². The number of rotatable bonds is 3. The zero-order valence-corrected chi connectivity index (χ0v) is 62.4. The number of Topliss-reactive ketones (excluding diaryl/α,β-unsaturated/α-hetero) is 2. The molecule has 0 aromatic heterocycles. The third-order valence-corrected chi connectivity index (χ3v) is 22.2. The number of ketones is 2. The van der Waals surface area contributed by atoms with Crippen LogP contribution in [0.25, 0.3) is 0 Å². The van der Waals surface area contributed by atoms with Crippen LogP contribution in [0.5, 0.6) is 0 Å². The maximum Gasteiger partial charge on any atom is 0.218 e. The van der Waals surface area contributed by atoms with Gasteiger partial charge in [0.2, 0.25) is 8.32 Å². The molecule has 374 valence electrons. The Morgan fingerprint density at radius 3 is 1.38 bits per heavy atom. The predicted octanol–water partition coefficient (Wildman–Crippen LogP) is 1.98. The van der Waals surface area contributed by atoms with Gasteiger partial charge in [-0.15, -0.1) is 0 Å². The maximum atomic E-state index is 14.5. The summed E-state index contributed by atoms with van der Waals surface area (Å²) in [5, 5.41) is 104. The summed E-state index contributed by atoms with van der Waals surface area (Å²) in [5.74, 6) is -3.84. The van der Waals surface area contributed by atoms with Gasteiger partial charge in [0.15, 0.2) is 11.6 Å². The molecule has 1 aromatic rings. The zero-order chi connectivity index (χ0) is 48.4. The SMILES string of the molecule is CC1=C2C(O)C(=O)[C@]3(C)C(O)CC4OC[C@@]4(O)C3C(C)C(O)(CC1O)C2(C)C.CC1=C2C(O)C(=O)[C@]3(C)C(O[Si](C)(C)c4ccccc4)CC4OC[C@@]4(O)C3C(C)C(O)(CC1O)C2(C)C.[Ac].[Ac].[Ac].[Ac]. The number of ether oxygens (including phenoxy) is 2. The van der Waals surface area contributed by atoms with Crippen LogP contribution in [0.3, 0.4) is 0 Å². The van der Waals surface area contributed by atoms with E-state index in [2.05, 4.69) is 13.1 Å². The van der Waals surface area contributed by atoms with Crippen molar-refractivity contribution in [3.63, 3.8) is 0 Å². The standard InChI is InChI=1S/C29H42O7Si.C21H32O7.4Ac/c1-16-19(30)14-29(34)17(2)24-27(5,25(32)23(31)22(16)26(29,3)4)20(13-21-28(24,33)15-35-21)36-37(6,7)18-11-9-8-10-12-18;1-9-11(22)7-21(27)10(2)16-19(5,12(23)6-13-20(16,26)8-28-13)17(25)15(24)14(9)18(21,3)4;;;;/h8-12,17,19-21,23-24,30-31,33-34H,13-15H2,1-7H3;10-13,15-16,22-24,26-27H,6-8H2,1-5H3;;;;/t17?,19?,20?,21?,23?,24?,27-,28+,29?;10?,11?,12?,13?,15?,16?,19-,20+,21?;;;;/m11..../s1. The molecular formula is C50H74Ac4O14Si. The Morgan fingerprint density at radius 2 is 0.986 bits per heavy atom. The van der Waals surface area contributed by atoms with Crippen molar-refractivity contribution >= 4 is 25.1 Å². The smallest absolute Gasteiger partial charge is 0.218 e. The minimum absolute atomic E-state index is 0. The van der Waals surface area contributed by atoms with E-state index in [1.54, 1.807) is 48.5 Å². The first-order valence-corrected chi connectivity index (χ1v) is 26.5. The average molecular weight is 1840 g/mol. The molecule has 14 nitrogen and oxygen atoms in total. The Hall–Kier alpha value is 3.54. The van der Waals surface area contributed by atoms with Gasteiger partial charge in [0, 0.05) is 225 Å². The van der Waals surface area contributed by atoms with E-state index in [0.717, 1.165) is 5.19 Å². The fraction of sp³-hybridized carbons (Fsp3) is 0.760. The Morgan fingerprint density at radius 1 is 0.609 bits per heavy atom. The summed E-state index contributed by atoms with van der Waals surface area (Å²) in [4.78, 5) is 28.1. The van der Waals surface area contributed by atoms with Crippen LogP contribution in [0.1, 0.15) is 94.9 Å². The van der Waals surface area contributed by atoms with Gasteiger partial charge in [0.1, 0.15) is 23.4 Å². The average Bonchev–Trinajstić information content (AvgIpc) is 3.22. The number of benzene rings is 1. The second kappa shape index (κ2) is 21.5. The van der Waals surface area contributed by atoms with Gasteiger partial charge >= 0.3 is 0 Å². The predicted molar refractivity (Wildman–Crippen MR) is 241 cm³/mol. The monoisotopic (exact) mass is 1830 g/mol. The van der Waals surface area contributed by atoms with E-state index in [1.165, 1.54) is 0 Å². The number of carbonyl (C=O) groups is 2. The van der Waals surface area contributed by atoms with Crippen molar-refractivity contribution in [2.75, 3.05) is 13.2 Å². The first-order valence-electron chi connectivity index (χ1n) is 23.5. The van der Waals surface area contributed by atoms with Crippen LogP contribution in [0.2, 0.25) is 13.1 Å². The number of carbonyl (C=O) groups excluding carboxylic acids is 2. The summed E-state index contributed by atoms with van der Waals surface area (Å²) in [7, 11) is -2.53. The Bertz CT molecular complexity index is 2210. The Labute approximate surface area is 552 Å². The van der Waals surface area contributed by atoms with Crippen LogP contribution in [0.4, 0.5) is 0 Å². The van der Waals surface area contributed by atoms with E-state index in [9.17, 15) is 55.5 Å². The Balaban J connectivity index is 0.000000293. The first-order chi connectivity index (χ1) is 29.8. The molecular weight excluding hydrogens is 1760 g/mol. The van der Waals surface area contributed by atoms with Gasteiger partial charge in [0.05, 0.1) is 71.9 Å². The van der Waals surface area contributed by atoms with Crippen LogP contribution in [0, 0.1) is 222 Å². The van der Waals surface area contributed by atoms with Crippen molar-refractivity contribution in [2.24, 2.45) is 45.3 Å². The van der Waals surface area contributed by atoms with Gasteiger partial charge in [-0.1, -0.05) is 71.9 Å². The Kier molecular flexibility index (Phi) is 20.3. The van der Waals surface area contributed by atoms with E-state index < -0.39 is 136 Å². The third-order valence-electron chi connectivity index (χ3n) is 19.6. The normalized spacial score (nSPS) is 46.9. The molecule has 6 aliphatic carbocycles. The quantitative estimate of drug-likeness (QED) is 0.155. The third kappa shape index (κ3) is 9.14. The van der Waals surface area contributed by atoms with Gasteiger partial charge in [-0.2, -0.15) is 0 Å². The molecule has 2 aliphatic heterocycles.